The summed E-state index contributed by atoms with van der Waals surface area (Å²) in [4.78, 5) is 18.2. The van der Waals surface area contributed by atoms with Crippen LogP contribution in [-0.2, 0) is 0 Å². The molecule has 5 nitrogen and oxygen atoms in total. The number of pyridine rings is 1. The van der Waals surface area contributed by atoms with Gasteiger partial charge in [-0.05, 0) is 36.8 Å². The highest BCUT2D eigenvalue weighted by Crippen LogP contribution is 2.23. The lowest BCUT2D eigenvalue weighted by molar-refractivity contribution is 0.102. The average Bonchev–Trinajstić information content (AvgIpc) is 2.40. The minimum Gasteiger partial charge on any atom is -0.397 e. The average molecular weight is 270 g/mol. The Morgan fingerprint density at radius 3 is 2.65 bits per heavy atom. The fraction of sp³-hybridized carbons (Fsp3) is 0.200. The Balaban J connectivity index is 2.22. The number of nitrogens with two attached hydrogens (primary N) is 1. The first kappa shape index (κ1) is 13.9. The molecule has 0 spiro atoms. The zero-order chi connectivity index (χ0) is 14.7. The molecule has 1 heterocycles. The first-order chi connectivity index (χ1) is 9.49. The second-order valence-electron chi connectivity index (χ2n) is 4.79. The smallest absolute Gasteiger partial charge is 0.256 e. The molecule has 0 radical (unpaired) electrons. The van der Waals surface area contributed by atoms with Gasteiger partial charge in [-0.1, -0.05) is 6.07 Å². The Labute approximate surface area is 118 Å². The highest BCUT2D eigenvalue weighted by atomic mass is 16.1. The van der Waals surface area contributed by atoms with Crippen LogP contribution in [-0.4, -0.2) is 25.0 Å². The summed E-state index contributed by atoms with van der Waals surface area (Å²) < 4.78 is 0. The van der Waals surface area contributed by atoms with Crippen molar-refractivity contribution in [3.8, 4) is 0 Å². The van der Waals surface area contributed by atoms with E-state index in [1.54, 1.807) is 18.3 Å². The molecule has 20 heavy (non-hydrogen) atoms. The van der Waals surface area contributed by atoms with E-state index in [4.69, 9.17) is 5.73 Å². The summed E-state index contributed by atoms with van der Waals surface area (Å²) in [5.74, 6) is 0.344. The van der Waals surface area contributed by atoms with Crippen molar-refractivity contribution < 1.29 is 4.79 Å². The summed E-state index contributed by atoms with van der Waals surface area (Å²) in [5.41, 5.74) is 8.83. The summed E-state index contributed by atoms with van der Waals surface area (Å²) in [5, 5.41) is 2.78. The highest BCUT2D eigenvalue weighted by molar-refractivity contribution is 6.05. The second kappa shape index (κ2) is 5.61. The van der Waals surface area contributed by atoms with Crippen molar-refractivity contribution in [3.63, 3.8) is 0 Å². The summed E-state index contributed by atoms with van der Waals surface area (Å²) in [6, 6.07) is 8.97. The SMILES string of the molecule is Cc1cccnc1NC(=O)c1ccc(N(C)C)c(N)c1. The van der Waals surface area contributed by atoms with Crippen molar-refractivity contribution in [1.29, 1.82) is 0 Å². The van der Waals surface area contributed by atoms with Crippen LogP contribution in [0.4, 0.5) is 17.2 Å². The van der Waals surface area contributed by atoms with Gasteiger partial charge in [0.05, 0.1) is 11.4 Å². The Hall–Kier alpha value is -2.56. The molecule has 2 aromatic rings. The maximum atomic E-state index is 12.2. The number of hydrogen-bond donors (Lipinski definition) is 2. The molecule has 0 aliphatic heterocycles. The largest absolute Gasteiger partial charge is 0.397 e. The van der Waals surface area contributed by atoms with E-state index in [1.165, 1.54) is 0 Å². The number of benzene rings is 1. The quantitative estimate of drug-likeness (QED) is 0.839. The Morgan fingerprint density at radius 1 is 1.30 bits per heavy atom. The van der Waals surface area contributed by atoms with Crippen molar-refractivity contribution in [2.24, 2.45) is 0 Å². The molecule has 1 aromatic carbocycles. The fourth-order valence-corrected chi connectivity index (χ4v) is 1.90. The van der Waals surface area contributed by atoms with Gasteiger partial charge in [-0.3, -0.25) is 4.79 Å². The highest BCUT2D eigenvalue weighted by Gasteiger charge is 2.11. The minimum absolute atomic E-state index is 0.219. The topological polar surface area (TPSA) is 71.2 Å². The predicted octanol–water partition coefficient (Wildman–Crippen LogP) is 2.29. The standard InChI is InChI=1S/C15H18N4O/c1-10-5-4-8-17-14(10)18-15(20)11-6-7-13(19(2)3)12(16)9-11/h4-9H,16H2,1-3H3,(H,17,18,20). The molecule has 0 fully saturated rings. The Bertz CT molecular complexity index is 638. The molecule has 1 aromatic heterocycles. The summed E-state index contributed by atoms with van der Waals surface area (Å²) in [6.45, 7) is 1.89. The number of aromatic nitrogens is 1. The van der Waals surface area contributed by atoms with Gasteiger partial charge in [0.25, 0.3) is 5.91 Å². The molecule has 1 amide bonds. The molecule has 3 N–H and O–H groups in total. The molecule has 0 bridgehead atoms. The van der Waals surface area contributed by atoms with Gasteiger partial charge in [-0.2, -0.15) is 0 Å². The number of hydrogen-bond acceptors (Lipinski definition) is 4. The van der Waals surface area contributed by atoms with Gasteiger partial charge in [0, 0.05) is 25.9 Å². The van der Waals surface area contributed by atoms with Crippen molar-refractivity contribution in [1.82, 2.24) is 4.98 Å². The predicted molar refractivity (Wildman–Crippen MR) is 82.1 cm³/mol. The third-order valence-corrected chi connectivity index (χ3v) is 3.01. The van der Waals surface area contributed by atoms with Crippen LogP contribution in [0.2, 0.25) is 0 Å². The van der Waals surface area contributed by atoms with Crippen LogP contribution in [0.5, 0.6) is 0 Å². The van der Waals surface area contributed by atoms with Crippen LogP contribution in [0.15, 0.2) is 36.5 Å². The number of amides is 1. The van der Waals surface area contributed by atoms with E-state index in [0.29, 0.717) is 17.1 Å². The van der Waals surface area contributed by atoms with Gasteiger partial charge < -0.3 is 16.0 Å². The van der Waals surface area contributed by atoms with Crippen molar-refractivity contribution in [2.45, 2.75) is 6.92 Å². The van der Waals surface area contributed by atoms with Gasteiger partial charge in [0.15, 0.2) is 0 Å². The van der Waals surface area contributed by atoms with E-state index in [9.17, 15) is 4.79 Å². The van der Waals surface area contributed by atoms with Crippen molar-refractivity contribution in [3.05, 3.63) is 47.7 Å². The molecule has 0 saturated heterocycles. The molecule has 5 heteroatoms. The third-order valence-electron chi connectivity index (χ3n) is 3.01. The van der Waals surface area contributed by atoms with Gasteiger partial charge in [0.2, 0.25) is 0 Å². The molecule has 0 saturated carbocycles. The van der Waals surface area contributed by atoms with Crippen LogP contribution >= 0.6 is 0 Å². The van der Waals surface area contributed by atoms with E-state index in [-0.39, 0.29) is 5.91 Å². The zero-order valence-electron chi connectivity index (χ0n) is 11.8. The van der Waals surface area contributed by atoms with E-state index >= 15 is 0 Å². The number of nitrogen functional groups attached to an aromatic ring is 1. The number of aryl methyl sites for hydroxylation is 1. The number of rotatable bonds is 3. The number of carbonyl (C=O) groups is 1. The zero-order valence-corrected chi connectivity index (χ0v) is 11.8. The lowest BCUT2D eigenvalue weighted by Crippen LogP contribution is -2.16. The third kappa shape index (κ3) is 2.88. The van der Waals surface area contributed by atoms with E-state index in [0.717, 1.165) is 11.3 Å². The Kier molecular flexibility index (Phi) is 3.89. The minimum atomic E-state index is -0.219. The fourth-order valence-electron chi connectivity index (χ4n) is 1.90. The number of anilines is 3. The van der Waals surface area contributed by atoms with E-state index in [2.05, 4.69) is 10.3 Å². The molecule has 0 unspecified atom stereocenters. The van der Waals surface area contributed by atoms with Crippen molar-refractivity contribution in [2.75, 3.05) is 30.0 Å². The lowest BCUT2D eigenvalue weighted by atomic mass is 10.1. The number of carbonyl (C=O) groups excluding carboxylic acids is 1. The van der Waals surface area contributed by atoms with Crippen LogP contribution < -0.4 is 16.0 Å². The van der Waals surface area contributed by atoms with Crippen LogP contribution in [0.3, 0.4) is 0 Å². The monoisotopic (exact) mass is 270 g/mol. The molecule has 2 rings (SSSR count). The summed E-state index contributed by atoms with van der Waals surface area (Å²) in [7, 11) is 3.81. The maximum Gasteiger partial charge on any atom is 0.256 e. The van der Waals surface area contributed by atoms with E-state index in [1.807, 2.05) is 44.1 Å². The molecular formula is C15H18N4O. The van der Waals surface area contributed by atoms with Gasteiger partial charge in [-0.25, -0.2) is 4.98 Å². The second-order valence-corrected chi connectivity index (χ2v) is 4.79. The van der Waals surface area contributed by atoms with Gasteiger partial charge in [-0.15, -0.1) is 0 Å². The van der Waals surface area contributed by atoms with Gasteiger partial charge >= 0.3 is 0 Å². The lowest BCUT2D eigenvalue weighted by Gasteiger charge is -2.16. The van der Waals surface area contributed by atoms with Crippen LogP contribution in [0, 0.1) is 6.92 Å². The molecule has 104 valence electrons. The molecule has 0 aliphatic carbocycles. The van der Waals surface area contributed by atoms with E-state index < -0.39 is 0 Å². The summed E-state index contributed by atoms with van der Waals surface area (Å²) >= 11 is 0. The molecule has 0 aliphatic rings. The maximum absolute atomic E-state index is 12.2. The Morgan fingerprint density at radius 2 is 2.05 bits per heavy atom. The number of nitrogens with zero attached hydrogens (tertiary/aromatic N) is 2. The molecular weight excluding hydrogens is 252 g/mol. The normalized spacial score (nSPS) is 10.2. The summed E-state index contributed by atoms with van der Waals surface area (Å²) in [6.07, 6.45) is 1.64. The molecule has 0 atom stereocenters. The number of nitrogens with one attached hydrogen (secondary N) is 1. The van der Waals surface area contributed by atoms with Crippen LogP contribution in [0.25, 0.3) is 0 Å². The first-order valence-electron chi connectivity index (χ1n) is 6.29. The van der Waals surface area contributed by atoms with Gasteiger partial charge in [0.1, 0.15) is 5.82 Å². The van der Waals surface area contributed by atoms with Crippen LogP contribution in [0.1, 0.15) is 15.9 Å². The van der Waals surface area contributed by atoms with Crippen molar-refractivity contribution >= 4 is 23.1 Å². The first-order valence-corrected chi connectivity index (χ1v) is 6.29.